The van der Waals surface area contributed by atoms with Crippen molar-refractivity contribution in [1.29, 1.82) is 0 Å². The molecule has 0 aromatic carbocycles. The van der Waals surface area contributed by atoms with Crippen LogP contribution in [0.2, 0.25) is 0 Å². The number of piperazine rings is 3. The molecule has 3 fully saturated rings. The molecule has 1 N–H and O–H groups in total. The molecule has 2 bridgehead atoms. The summed E-state index contributed by atoms with van der Waals surface area (Å²) in [6, 6.07) is 4.49. The third kappa shape index (κ3) is 2.99. The van der Waals surface area contributed by atoms with E-state index < -0.39 is 0 Å². The van der Waals surface area contributed by atoms with E-state index in [1.54, 1.807) is 6.20 Å². The van der Waals surface area contributed by atoms with Crippen LogP contribution in [-0.4, -0.2) is 70.1 Å². The van der Waals surface area contributed by atoms with Crippen molar-refractivity contribution in [2.75, 3.05) is 44.6 Å². The average molecular weight is 324 g/mol. The Morgan fingerprint density at radius 2 is 2.00 bits per heavy atom. The van der Waals surface area contributed by atoms with Crippen LogP contribution in [-0.2, 0) is 0 Å². The highest BCUT2D eigenvalue weighted by Crippen LogP contribution is 2.22. The van der Waals surface area contributed by atoms with Gasteiger partial charge in [-0.3, -0.25) is 14.8 Å². The maximum atomic E-state index is 4.76. The van der Waals surface area contributed by atoms with E-state index in [9.17, 15) is 0 Å². The Morgan fingerprint density at radius 1 is 1.17 bits per heavy atom. The van der Waals surface area contributed by atoms with E-state index >= 15 is 0 Å². The number of nitrogens with zero attached hydrogens (tertiary/aromatic N) is 5. The van der Waals surface area contributed by atoms with Gasteiger partial charge < -0.3 is 5.32 Å². The van der Waals surface area contributed by atoms with Crippen molar-refractivity contribution in [1.82, 2.24) is 24.8 Å². The van der Waals surface area contributed by atoms with Crippen LogP contribution < -0.4 is 5.32 Å². The van der Waals surface area contributed by atoms with Crippen LogP contribution in [0.4, 0.5) is 5.82 Å². The van der Waals surface area contributed by atoms with Crippen LogP contribution in [0.25, 0.3) is 11.4 Å². The largest absolute Gasteiger partial charge is 0.368 e. The molecule has 6 heteroatoms. The fourth-order valence-electron chi connectivity index (χ4n) is 3.56. The van der Waals surface area contributed by atoms with Gasteiger partial charge in [0.05, 0.1) is 0 Å². The normalized spacial score (nSPS) is 25.7. The molecule has 2 aromatic heterocycles. The summed E-state index contributed by atoms with van der Waals surface area (Å²) in [5, 5.41) is 3.58. The van der Waals surface area contributed by atoms with E-state index in [2.05, 4.69) is 32.0 Å². The number of rotatable bonds is 4. The second-order valence-corrected chi connectivity index (χ2v) is 6.72. The van der Waals surface area contributed by atoms with Crippen molar-refractivity contribution < 1.29 is 0 Å². The molecular weight excluding hydrogens is 300 g/mol. The van der Waals surface area contributed by atoms with Gasteiger partial charge in [-0.2, -0.15) is 0 Å². The van der Waals surface area contributed by atoms with Crippen molar-refractivity contribution in [3.05, 3.63) is 35.8 Å². The second kappa shape index (κ2) is 6.45. The van der Waals surface area contributed by atoms with Gasteiger partial charge in [0, 0.05) is 74.5 Å². The summed E-state index contributed by atoms with van der Waals surface area (Å²) in [6.45, 7) is 11.0. The van der Waals surface area contributed by atoms with Gasteiger partial charge in [0.15, 0.2) is 5.82 Å². The topological polar surface area (TPSA) is 57.2 Å². The third-order valence-corrected chi connectivity index (χ3v) is 5.21. The average Bonchev–Trinajstić information content (AvgIpc) is 2.64. The number of aryl methyl sites for hydroxylation is 1. The molecule has 6 nitrogen and oxygen atoms in total. The number of hydrogen-bond acceptors (Lipinski definition) is 6. The summed E-state index contributed by atoms with van der Waals surface area (Å²) in [5.74, 6) is 1.68. The van der Waals surface area contributed by atoms with E-state index in [0.717, 1.165) is 41.6 Å². The maximum Gasteiger partial charge on any atom is 0.163 e. The first-order chi connectivity index (χ1) is 11.7. The molecule has 5 rings (SSSR count). The van der Waals surface area contributed by atoms with Crippen LogP contribution in [0.1, 0.15) is 11.3 Å². The van der Waals surface area contributed by atoms with Crippen LogP contribution in [0, 0.1) is 13.8 Å². The summed E-state index contributed by atoms with van der Waals surface area (Å²) in [7, 11) is 0. The van der Waals surface area contributed by atoms with Crippen LogP contribution >= 0.6 is 0 Å². The molecule has 126 valence electrons. The fraction of sp³-hybridized carbons (Fsp3) is 0.500. The Bertz CT molecular complexity index is 709. The Labute approximate surface area is 142 Å². The SMILES string of the molecule is Cc1nc(-c2cccnc2)nc(NCC2CN3CCN2CC3)c1C. The third-order valence-electron chi connectivity index (χ3n) is 5.21. The molecule has 0 spiro atoms. The first-order valence-electron chi connectivity index (χ1n) is 8.66. The minimum Gasteiger partial charge on any atom is -0.368 e. The number of fused-ring (bicyclic) bond motifs is 3. The number of hydrogen-bond donors (Lipinski definition) is 1. The summed E-state index contributed by atoms with van der Waals surface area (Å²) in [4.78, 5) is 18.7. The quantitative estimate of drug-likeness (QED) is 0.921. The molecule has 0 amide bonds. The van der Waals surface area contributed by atoms with Gasteiger partial charge in [-0.15, -0.1) is 0 Å². The number of anilines is 1. The van der Waals surface area contributed by atoms with Gasteiger partial charge in [0.2, 0.25) is 0 Å². The Balaban J connectivity index is 1.53. The zero-order valence-electron chi connectivity index (χ0n) is 14.4. The van der Waals surface area contributed by atoms with Gasteiger partial charge in [-0.1, -0.05) is 0 Å². The van der Waals surface area contributed by atoms with Crippen molar-refractivity contribution in [3.8, 4) is 11.4 Å². The number of pyridine rings is 1. The van der Waals surface area contributed by atoms with Crippen LogP contribution in [0.15, 0.2) is 24.5 Å². The van der Waals surface area contributed by atoms with E-state index in [1.165, 1.54) is 26.2 Å². The van der Waals surface area contributed by atoms with Crippen molar-refractivity contribution >= 4 is 5.82 Å². The highest BCUT2D eigenvalue weighted by atomic mass is 15.3. The summed E-state index contributed by atoms with van der Waals surface area (Å²) in [5.41, 5.74) is 3.09. The van der Waals surface area contributed by atoms with Crippen molar-refractivity contribution in [2.24, 2.45) is 0 Å². The molecule has 0 radical (unpaired) electrons. The highest BCUT2D eigenvalue weighted by molar-refractivity contribution is 5.58. The van der Waals surface area contributed by atoms with Gasteiger partial charge >= 0.3 is 0 Å². The van der Waals surface area contributed by atoms with Gasteiger partial charge in [-0.25, -0.2) is 9.97 Å². The fourth-order valence-corrected chi connectivity index (χ4v) is 3.56. The van der Waals surface area contributed by atoms with Crippen LogP contribution in [0.5, 0.6) is 0 Å². The number of nitrogens with one attached hydrogen (secondary N) is 1. The Kier molecular flexibility index (Phi) is 4.16. The zero-order valence-corrected chi connectivity index (χ0v) is 14.4. The molecular formula is C18H24N6. The smallest absolute Gasteiger partial charge is 0.163 e. The summed E-state index contributed by atoms with van der Waals surface area (Å²) >= 11 is 0. The monoisotopic (exact) mass is 324 g/mol. The zero-order chi connectivity index (χ0) is 16.5. The summed E-state index contributed by atoms with van der Waals surface area (Å²) < 4.78 is 0. The van der Waals surface area contributed by atoms with E-state index in [-0.39, 0.29) is 0 Å². The van der Waals surface area contributed by atoms with Gasteiger partial charge in [-0.05, 0) is 26.0 Å². The second-order valence-electron chi connectivity index (χ2n) is 6.72. The molecule has 0 saturated carbocycles. The lowest BCUT2D eigenvalue weighted by atomic mass is 10.1. The van der Waals surface area contributed by atoms with Gasteiger partial charge in [0.1, 0.15) is 5.82 Å². The standard InChI is InChI=1S/C18H24N6/c1-13-14(2)21-18(15-4-3-5-19-10-15)22-17(13)20-11-16-12-23-6-8-24(16)9-7-23/h3-5,10,16H,6-9,11-12H2,1-2H3,(H,20,21,22). The molecule has 3 aliphatic rings. The summed E-state index contributed by atoms with van der Waals surface area (Å²) in [6.07, 6.45) is 3.58. The Hall–Kier alpha value is -2.05. The molecule has 2 aromatic rings. The predicted molar refractivity (Wildman–Crippen MR) is 95.0 cm³/mol. The maximum absolute atomic E-state index is 4.76. The highest BCUT2D eigenvalue weighted by Gasteiger charge is 2.31. The van der Waals surface area contributed by atoms with Crippen molar-refractivity contribution in [3.63, 3.8) is 0 Å². The lowest BCUT2D eigenvalue weighted by molar-refractivity contribution is 0.0189. The van der Waals surface area contributed by atoms with E-state index in [1.807, 2.05) is 25.3 Å². The van der Waals surface area contributed by atoms with Crippen molar-refractivity contribution in [2.45, 2.75) is 19.9 Å². The molecule has 24 heavy (non-hydrogen) atoms. The molecule has 0 aliphatic carbocycles. The van der Waals surface area contributed by atoms with E-state index in [4.69, 9.17) is 4.98 Å². The molecule has 1 unspecified atom stereocenters. The van der Waals surface area contributed by atoms with Gasteiger partial charge in [0.25, 0.3) is 0 Å². The molecule has 1 atom stereocenters. The minimum absolute atomic E-state index is 0.573. The Morgan fingerprint density at radius 3 is 2.67 bits per heavy atom. The molecule has 5 heterocycles. The first kappa shape index (κ1) is 15.5. The minimum atomic E-state index is 0.573. The first-order valence-corrected chi connectivity index (χ1v) is 8.66. The molecule has 3 saturated heterocycles. The number of aromatic nitrogens is 3. The molecule has 3 aliphatic heterocycles. The van der Waals surface area contributed by atoms with E-state index in [0.29, 0.717) is 6.04 Å². The predicted octanol–water partition coefficient (Wildman–Crippen LogP) is 1.57. The van der Waals surface area contributed by atoms with Crippen LogP contribution in [0.3, 0.4) is 0 Å². The lowest BCUT2D eigenvalue weighted by Crippen LogP contribution is -2.62. The lowest BCUT2D eigenvalue weighted by Gasteiger charge is -2.47.